The molecule has 2 aromatic carbocycles. The van der Waals surface area contributed by atoms with Gasteiger partial charge in [0, 0.05) is 12.7 Å². The number of rotatable bonds is 14. The molecule has 0 spiro atoms. The molecule has 4 N–H and O–H groups in total. The third kappa shape index (κ3) is 7.57. The van der Waals surface area contributed by atoms with Gasteiger partial charge in [-0.05, 0) is 29.0 Å². The summed E-state index contributed by atoms with van der Waals surface area (Å²) < 4.78 is 26.9. The maximum absolute atomic E-state index is 5.78. The zero-order valence-electron chi connectivity index (χ0n) is 18.2. The molecule has 0 atom stereocenters. The third-order valence-corrected chi connectivity index (χ3v) is 4.41. The van der Waals surface area contributed by atoms with Gasteiger partial charge in [0.25, 0.3) is 0 Å². The smallest absolute Gasteiger partial charge is 0.225 e. The Morgan fingerprint density at radius 1 is 0.656 bits per heavy atom. The molecular weight excluding hydrogens is 414 g/mol. The molecule has 0 fully saturated rings. The second kappa shape index (κ2) is 12.7. The minimum atomic E-state index is 0.0945. The molecule has 0 aliphatic carbocycles. The molecular formula is C22H29N5O5. The molecule has 0 bridgehead atoms. The average molecular weight is 444 g/mol. The molecule has 0 saturated carbocycles. The van der Waals surface area contributed by atoms with Gasteiger partial charge < -0.3 is 35.2 Å². The van der Waals surface area contributed by atoms with Crippen LogP contribution in [0.3, 0.4) is 0 Å². The van der Waals surface area contributed by atoms with Gasteiger partial charge in [-0.2, -0.15) is 15.0 Å². The standard InChI is InChI=1S/C22H29N5O5/c1-28-6-7-29-8-9-30-10-11-31-12-13-32-19-5-4-16-14-18(3-2-17(16)15-19)20-25-21(23)27-22(24)26-20/h2-5,14-15H,6-13H2,1H3,(H4,23,24,25,26,27). The maximum Gasteiger partial charge on any atom is 0.225 e. The first-order chi connectivity index (χ1) is 15.7. The molecule has 10 heteroatoms. The van der Waals surface area contributed by atoms with Crippen LogP contribution < -0.4 is 16.2 Å². The fourth-order valence-corrected chi connectivity index (χ4v) is 2.89. The number of hydrogen-bond acceptors (Lipinski definition) is 10. The Morgan fingerprint density at radius 2 is 1.22 bits per heavy atom. The number of nitrogens with two attached hydrogens (primary N) is 2. The zero-order valence-corrected chi connectivity index (χ0v) is 18.2. The number of ether oxygens (including phenoxy) is 5. The number of aromatic nitrogens is 3. The first-order valence-corrected chi connectivity index (χ1v) is 10.3. The van der Waals surface area contributed by atoms with E-state index in [-0.39, 0.29) is 11.9 Å². The number of methoxy groups -OCH3 is 1. The van der Waals surface area contributed by atoms with E-state index in [1.165, 1.54) is 0 Å². The Kier molecular flexibility index (Phi) is 9.38. The summed E-state index contributed by atoms with van der Waals surface area (Å²) in [4.78, 5) is 12.1. The fourth-order valence-electron chi connectivity index (χ4n) is 2.89. The van der Waals surface area contributed by atoms with E-state index in [2.05, 4.69) is 15.0 Å². The minimum absolute atomic E-state index is 0.0945. The van der Waals surface area contributed by atoms with Crippen LogP contribution >= 0.6 is 0 Å². The lowest BCUT2D eigenvalue weighted by molar-refractivity contribution is 0.000169. The molecule has 172 valence electrons. The van der Waals surface area contributed by atoms with E-state index < -0.39 is 0 Å². The summed E-state index contributed by atoms with van der Waals surface area (Å²) in [6.07, 6.45) is 0. The lowest BCUT2D eigenvalue weighted by Crippen LogP contribution is -2.13. The molecule has 0 aliphatic heterocycles. The number of nitrogens with zero attached hydrogens (tertiary/aromatic N) is 3. The van der Waals surface area contributed by atoms with Crippen LogP contribution in [0, 0.1) is 0 Å². The van der Waals surface area contributed by atoms with Gasteiger partial charge in [0.2, 0.25) is 11.9 Å². The molecule has 3 rings (SSSR count). The predicted molar refractivity (Wildman–Crippen MR) is 121 cm³/mol. The van der Waals surface area contributed by atoms with E-state index in [1.54, 1.807) is 7.11 Å². The average Bonchev–Trinajstić information content (AvgIpc) is 2.78. The summed E-state index contributed by atoms with van der Waals surface area (Å²) in [7, 11) is 1.64. The van der Waals surface area contributed by atoms with Gasteiger partial charge in [0.15, 0.2) is 5.82 Å². The monoisotopic (exact) mass is 443 g/mol. The first-order valence-electron chi connectivity index (χ1n) is 10.3. The predicted octanol–water partition coefficient (Wildman–Crippen LogP) is 1.93. The third-order valence-electron chi connectivity index (χ3n) is 4.41. The second-order valence-electron chi connectivity index (χ2n) is 6.78. The zero-order chi connectivity index (χ0) is 22.6. The summed E-state index contributed by atoms with van der Waals surface area (Å²) in [5, 5.41) is 2.05. The molecule has 0 saturated heterocycles. The van der Waals surface area contributed by atoms with Gasteiger partial charge in [-0.15, -0.1) is 0 Å². The van der Waals surface area contributed by atoms with E-state index >= 15 is 0 Å². The maximum atomic E-state index is 5.78. The van der Waals surface area contributed by atoms with Crippen molar-refractivity contribution in [2.45, 2.75) is 0 Å². The van der Waals surface area contributed by atoms with Crippen LogP contribution in [0.1, 0.15) is 0 Å². The molecule has 0 aliphatic rings. The summed E-state index contributed by atoms with van der Waals surface area (Å²) >= 11 is 0. The molecule has 1 aromatic heterocycles. The Balaban J connectivity index is 1.38. The van der Waals surface area contributed by atoms with Crippen molar-refractivity contribution in [3.05, 3.63) is 36.4 Å². The fraction of sp³-hybridized carbons (Fsp3) is 0.409. The largest absolute Gasteiger partial charge is 0.491 e. The molecule has 3 aromatic rings. The van der Waals surface area contributed by atoms with Crippen molar-refractivity contribution in [3.8, 4) is 17.1 Å². The van der Waals surface area contributed by atoms with Crippen LogP contribution in [0.25, 0.3) is 22.2 Å². The van der Waals surface area contributed by atoms with Crippen molar-refractivity contribution in [2.75, 3.05) is 71.4 Å². The summed E-state index contributed by atoms with van der Waals surface area (Å²) in [6.45, 7) is 4.21. The van der Waals surface area contributed by atoms with E-state index in [1.807, 2.05) is 36.4 Å². The normalized spacial score (nSPS) is 11.2. The first kappa shape index (κ1) is 23.6. The SMILES string of the molecule is COCCOCCOCCOCCOc1ccc2cc(-c3nc(N)nc(N)n3)ccc2c1. The van der Waals surface area contributed by atoms with Gasteiger partial charge in [0.05, 0.1) is 46.2 Å². The molecule has 1 heterocycles. The Hall–Kier alpha value is -3.05. The summed E-state index contributed by atoms with van der Waals surface area (Å²) in [5.74, 6) is 1.40. The van der Waals surface area contributed by atoms with Crippen LogP contribution in [0.15, 0.2) is 36.4 Å². The van der Waals surface area contributed by atoms with Crippen molar-refractivity contribution >= 4 is 22.7 Å². The molecule has 0 amide bonds. The highest BCUT2D eigenvalue weighted by Gasteiger charge is 2.07. The van der Waals surface area contributed by atoms with Gasteiger partial charge >= 0.3 is 0 Å². The molecule has 10 nitrogen and oxygen atoms in total. The summed E-state index contributed by atoms with van der Waals surface area (Å²) in [6, 6.07) is 11.7. The van der Waals surface area contributed by atoms with Gasteiger partial charge in [-0.25, -0.2) is 0 Å². The van der Waals surface area contributed by atoms with Gasteiger partial charge in [-0.1, -0.05) is 18.2 Å². The van der Waals surface area contributed by atoms with Crippen molar-refractivity contribution in [3.63, 3.8) is 0 Å². The molecule has 32 heavy (non-hydrogen) atoms. The van der Waals surface area contributed by atoms with Crippen molar-refractivity contribution < 1.29 is 23.7 Å². The highest BCUT2D eigenvalue weighted by molar-refractivity contribution is 5.87. The van der Waals surface area contributed by atoms with Crippen molar-refractivity contribution in [1.29, 1.82) is 0 Å². The number of benzene rings is 2. The minimum Gasteiger partial charge on any atom is -0.491 e. The number of anilines is 2. The molecule has 0 unspecified atom stereocenters. The topological polar surface area (TPSA) is 137 Å². The van der Waals surface area contributed by atoms with Crippen LogP contribution in [-0.2, 0) is 18.9 Å². The van der Waals surface area contributed by atoms with E-state index in [0.717, 1.165) is 22.1 Å². The second-order valence-corrected chi connectivity index (χ2v) is 6.78. The van der Waals surface area contributed by atoms with Crippen LogP contribution in [-0.4, -0.2) is 74.9 Å². The van der Waals surface area contributed by atoms with E-state index in [9.17, 15) is 0 Å². The number of hydrogen-bond donors (Lipinski definition) is 2. The van der Waals surface area contributed by atoms with Gasteiger partial charge in [0.1, 0.15) is 12.4 Å². The summed E-state index contributed by atoms with van der Waals surface area (Å²) in [5.41, 5.74) is 12.1. The number of fused-ring (bicyclic) bond motifs is 1. The molecule has 0 radical (unpaired) electrons. The van der Waals surface area contributed by atoms with Gasteiger partial charge in [-0.3, -0.25) is 0 Å². The van der Waals surface area contributed by atoms with Crippen LogP contribution in [0.5, 0.6) is 5.75 Å². The Bertz CT molecular complexity index is 968. The number of nitrogen functional groups attached to an aromatic ring is 2. The highest BCUT2D eigenvalue weighted by Crippen LogP contribution is 2.26. The van der Waals surface area contributed by atoms with Crippen LogP contribution in [0.2, 0.25) is 0 Å². The van der Waals surface area contributed by atoms with E-state index in [4.69, 9.17) is 35.2 Å². The van der Waals surface area contributed by atoms with E-state index in [0.29, 0.717) is 58.7 Å². The highest BCUT2D eigenvalue weighted by atomic mass is 16.6. The Labute approximate surface area is 186 Å². The lowest BCUT2D eigenvalue weighted by atomic mass is 10.1. The Morgan fingerprint density at radius 3 is 1.88 bits per heavy atom. The van der Waals surface area contributed by atoms with Crippen LogP contribution in [0.4, 0.5) is 11.9 Å². The van der Waals surface area contributed by atoms with Crippen molar-refractivity contribution in [1.82, 2.24) is 15.0 Å². The van der Waals surface area contributed by atoms with Crippen molar-refractivity contribution in [2.24, 2.45) is 0 Å². The quantitative estimate of drug-likeness (QED) is 0.356. The lowest BCUT2D eigenvalue weighted by Gasteiger charge is -2.09.